The van der Waals surface area contributed by atoms with Gasteiger partial charge in [-0.1, -0.05) is 23.2 Å². The largest absolute Gasteiger partial charge is 0.368 e. The van der Waals surface area contributed by atoms with Gasteiger partial charge in [0, 0.05) is 0 Å². The van der Waals surface area contributed by atoms with Crippen molar-refractivity contribution in [2.45, 2.75) is 13.5 Å². The van der Waals surface area contributed by atoms with Crippen LogP contribution in [-0.4, -0.2) is 15.5 Å². The number of hydrogen-bond acceptors (Lipinski definition) is 2. The number of nitrogens with zero attached hydrogens (tertiary/aromatic N) is 2. The smallest absolute Gasteiger partial charge is 0.237 e. The second kappa shape index (κ2) is 3.33. The van der Waals surface area contributed by atoms with E-state index in [2.05, 4.69) is 4.98 Å². The highest BCUT2D eigenvalue weighted by Crippen LogP contribution is 2.21. The molecule has 1 amide bonds. The third-order valence-electron chi connectivity index (χ3n) is 1.37. The Balaban J connectivity index is 3.05. The van der Waals surface area contributed by atoms with Gasteiger partial charge in [-0.25, -0.2) is 4.98 Å². The minimum Gasteiger partial charge on any atom is -0.368 e. The van der Waals surface area contributed by atoms with Crippen molar-refractivity contribution < 1.29 is 4.79 Å². The van der Waals surface area contributed by atoms with Crippen LogP contribution in [0, 0.1) is 6.92 Å². The maximum absolute atomic E-state index is 10.6. The van der Waals surface area contributed by atoms with Crippen molar-refractivity contribution in [3.63, 3.8) is 0 Å². The van der Waals surface area contributed by atoms with Gasteiger partial charge in [-0.3, -0.25) is 4.79 Å². The second-order valence-electron chi connectivity index (χ2n) is 2.29. The highest BCUT2D eigenvalue weighted by atomic mass is 35.5. The number of nitrogens with two attached hydrogens (primary N) is 1. The summed E-state index contributed by atoms with van der Waals surface area (Å²) in [5.41, 5.74) is 4.98. The molecule has 0 unspecified atom stereocenters. The van der Waals surface area contributed by atoms with E-state index in [1.807, 2.05) is 0 Å². The Morgan fingerprint density at radius 1 is 1.67 bits per heavy atom. The fourth-order valence-electron chi connectivity index (χ4n) is 0.842. The van der Waals surface area contributed by atoms with Gasteiger partial charge in [-0.05, 0) is 6.92 Å². The van der Waals surface area contributed by atoms with Crippen molar-refractivity contribution in [1.82, 2.24) is 9.55 Å². The quantitative estimate of drug-likeness (QED) is 0.787. The third-order valence-corrected chi connectivity index (χ3v) is 2.12. The molecule has 4 nitrogen and oxygen atoms in total. The van der Waals surface area contributed by atoms with Crippen molar-refractivity contribution in [3.8, 4) is 0 Å². The standard InChI is InChI=1S/C6H7Cl2N3O/c1-3-10-5(7)6(8)11(3)2-4(9)12/h2H2,1H3,(H2,9,12). The lowest BCUT2D eigenvalue weighted by Crippen LogP contribution is -2.19. The zero-order chi connectivity index (χ0) is 9.30. The first-order chi connectivity index (χ1) is 5.52. The number of carbonyl (C=O) groups is 1. The lowest BCUT2D eigenvalue weighted by Gasteiger charge is -2.01. The Morgan fingerprint density at radius 2 is 2.25 bits per heavy atom. The molecule has 0 aliphatic heterocycles. The molecule has 1 heterocycles. The van der Waals surface area contributed by atoms with Crippen LogP contribution in [0.15, 0.2) is 0 Å². The summed E-state index contributed by atoms with van der Waals surface area (Å²) in [5.74, 6) is 0.0952. The number of primary amides is 1. The zero-order valence-corrected chi connectivity index (χ0v) is 7.85. The van der Waals surface area contributed by atoms with Crippen LogP contribution in [0.5, 0.6) is 0 Å². The van der Waals surface area contributed by atoms with Crippen LogP contribution in [0.25, 0.3) is 0 Å². The first-order valence-electron chi connectivity index (χ1n) is 3.18. The Hall–Kier alpha value is -0.740. The highest BCUT2D eigenvalue weighted by molar-refractivity contribution is 6.40. The molecule has 0 aliphatic carbocycles. The zero-order valence-electron chi connectivity index (χ0n) is 6.34. The van der Waals surface area contributed by atoms with Crippen molar-refractivity contribution >= 4 is 29.1 Å². The van der Waals surface area contributed by atoms with E-state index < -0.39 is 5.91 Å². The molecule has 6 heteroatoms. The topological polar surface area (TPSA) is 60.9 Å². The van der Waals surface area contributed by atoms with Gasteiger partial charge in [0.15, 0.2) is 5.15 Å². The molecule has 1 aromatic heterocycles. The third kappa shape index (κ3) is 1.70. The average Bonchev–Trinajstić information content (AvgIpc) is 2.16. The van der Waals surface area contributed by atoms with E-state index in [1.54, 1.807) is 6.92 Å². The molecule has 0 radical (unpaired) electrons. The molecular weight excluding hydrogens is 201 g/mol. The monoisotopic (exact) mass is 207 g/mol. The fraction of sp³-hybridized carbons (Fsp3) is 0.333. The fourth-order valence-corrected chi connectivity index (χ4v) is 1.29. The summed E-state index contributed by atoms with van der Waals surface area (Å²) in [7, 11) is 0. The molecule has 0 saturated heterocycles. The maximum atomic E-state index is 10.6. The number of hydrogen-bond donors (Lipinski definition) is 1. The molecule has 0 saturated carbocycles. The number of halogens is 2. The number of carbonyl (C=O) groups excluding carboxylic acids is 1. The summed E-state index contributed by atoms with van der Waals surface area (Å²) in [6.07, 6.45) is 0. The molecule has 66 valence electrons. The Morgan fingerprint density at radius 3 is 2.58 bits per heavy atom. The van der Waals surface area contributed by atoms with Crippen LogP contribution in [0.3, 0.4) is 0 Å². The van der Waals surface area contributed by atoms with Gasteiger partial charge in [0.25, 0.3) is 0 Å². The maximum Gasteiger partial charge on any atom is 0.237 e. The summed E-state index contributed by atoms with van der Waals surface area (Å²) >= 11 is 11.3. The van der Waals surface area contributed by atoms with Gasteiger partial charge in [0.2, 0.25) is 5.91 Å². The second-order valence-corrected chi connectivity index (χ2v) is 3.01. The van der Waals surface area contributed by atoms with Crippen LogP contribution in [0.1, 0.15) is 5.82 Å². The van der Waals surface area contributed by atoms with Crippen LogP contribution < -0.4 is 5.73 Å². The number of aromatic nitrogens is 2. The lowest BCUT2D eigenvalue weighted by atomic mass is 10.5. The summed E-state index contributed by atoms with van der Waals surface area (Å²) < 4.78 is 1.45. The van der Waals surface area contributed by atoms with E-state index in [-0.39, 0.29) is 16.9 Å². The number of imidazole rings is 1. The molecule has 2 N–H and O–H groups in total. The first kappa shape index (κ1) is 9.35. The summed E-state index contributed by atoms with van der Waals surface area (Å²) in [5, 5.41) is 0.434. The van der Waals surface area contributed by atoms with Gasteiger partial charge in [-0.15, -0.1) is 0 Å². The van der Waals surface area contributed by atoms with Crippen molar-refractivity contribution in [2.75, 3.05) is 0 Å². The van der Waals surface area contributed by atoms with E-state index in [0.717, 1.165) is 0 Å². The predicted octanol–water partition coefficient (Wildman–Crippen LogP) is 0.984. The SMILES string of the molecule is Cc1nc(Cl)c(Cl)n1CC(N)=O. The molecule has 0 aromatic carbocycles. The number of aryl methyl sites for hydroxylation is 1. The van der Waals surface area contributed by atoms with Crippen molar-refractivity contribution in [1.29, 1.82) is 0 Å². The van der Waals surface area contributed by atoms with Crippen LogP contribution >= 0.6 is 23.2 Å². The number of amides is 1. The van der Waals surface area contributed by atoms with E-state index in [0.29, 0.717) is 5.82 Å². The molecule has 0 atom stereocenters. The Labute approximate surface area is 79.3 Å². The van der Waals surface area contributed by atoms with Gasteiger partial charge < -0.3 is 10.3 Å². The molecule has 12 heavy (non-hydrogen) atoms. The van der Waals surface area contributed by atoms with E-state index in [9.17, 15) is 4.79 Å². The van der Waals surface area contributed by atoms with E-state index in [1.165, 1.54) is 4.57 Å². The summed E-state index contributed by atoms with van der Waals surface area (Å²) in [6, 6.07) is 0. The van der Waals surface area contributed by atoms with Crippen LogP contribution in [0.4, 0.5) is 0 Å². The molecule has 0 fully saturated rings. The van der Waals surface area contributed by atoms with Crippen LogP contribution in [-0.2, 0) is 11.3 Å². The minimum atomic E-state index is -0.478. The van der Waals surface area contributed by atoms with Crippen molar-refractivity contribution in [2.24, 2.45) is 5.73 Å². The summed E-state index contributed by atoms with van der Waals surface area (Å²) in [6.45, 7) is 1.70. The highest BCUT2D eigenvalue weighted by Gasteiger charge is 2.11. The molecular formula is C6H7Cl2N3O. The molecule has 1 rings (SSSR count). The van der Waals surface area contributed by atoms with Gasteiger partial charge >= 0.3 is 0 Å². The average molecular weight is 208 g/mol. The molecule has 1 aromatic rings. The first-order valence-corrected chi connectivity index (χ1v) is 3.94. The minimum absolute atomic E-state index is 0.00435. The van der Waals surface area contributed by atoms with Gasteiger partial charge in [0.05, 0.1) is 0 Å². The molecule has 0 spiro atoms. The molecule has 0 aliphatic rings. The number of rotatable bonds is 2. The Kier molecular flexibility index (Phi) is 2.59. The Bertz CT molecular complexity index is 321. The molecule has 0 bridgehead atoms. The summed E-state index contributed by atoms with van der Waals surface area (Å²) in [4.78, 5) is 14.4. The van der Waals surface area contributed by atoms with E-state index in [4.69, 9.17) is 28.9 Å². The van der Waals surface area contributed by atoms with Gasteiger partial charge in [-0.2, -0.15) is 0 Å². The normalized spacial score (nSPS) is 10.2. The predicted molar refractivity (Wildman–Crippen MR) is 46.2 cm³/mol. The van der Waals surface area contributed by atoms with E-state index >= 15 is 0 Å². The lowest BCUT2D eigenvalue weighted by molar-refractivity contribution is -0.118. The van der Waals surface area contributed by atoms with Crippen molar-refractivity contribution in [3.05, 3.63) is 16.1 Å². The van der Waals surface area contributed by atoms with Crippen LogP contribution in [0.2, 0.25) is 10.3 Å². The van der Waals surface area contributed by atoms with Gasteiger partial charge in [0.1, 0.15) is 17.5 Å².